The van der Waals surface area contributed by atoms with Crippen molar-refractivity contribution in [2.75, 3.05) is 0 Å². The van der Waals surface area contributed by atoms with E-state index in [2.05, 4.69) is 0 Å². The molecule has 0 spiro atoms. The van der Waals surface area contributed by atoms with Crippen LogP contribution in [0.1, 0.15) is 28.8 Å². The molecule has 0 aliphatic heterocycles. The van der Waals surface area contributed by atoms with Gasteiger partial charge in [-0.3, -0.25) is 4.79 Å². The standard InChI is InChI=1S/C17H14ClFO2/c18-15-3-1-2-12(17(15)19)10-16(20)11-4-6-13(7-5-11)21-14-8-9-14/h1-7,14H,8-10H2. The van der Waals surface area contributed by atoms with Crippen molar-refractivity contribution in [1.29, 1.82) is 0 Å². The van der Waals surface area contributed by atoms with Crippen molar-refractivity contribution in [3.8, 4) is 5.75 Å². The second-order valence-electron chi connectivity index (χ2n) is 5.15. The third-order valence-electron chi connectivity index (χ3n) is 3.39. The van der Waals surface area contributed by atoms with Crippen molar-refractivity contribution in [3.05, 3.63) is 64.4 Å². The number of rotatable bonds is 5. The Kier molecular flexibility index (Phi) is 3.93. The molecule has 2 aromatic carbocycles. The lowest BCUT2D eigenvalue weighted by molar-refractivity contribution is 0.0992. The Bertz CT molecular complexity index is 663. The normalized spacial score (nSPS) is 14.0. The van der Waals surface area contributed by atoms with Crippen LogP contribution in [0.5, 0.6) is 5.75 Å². The molecule has 1 fully saturated rings. The van der Waals surface area contributed by atoms with Crippen LogP contribution in [0.2, 0.25) is 5.02 Å². The molecule has 4 heteroatoms. The maximum atomic E-state index is 13.8. The summed E-state index contributed by atoms with van der Waals surface area (Å²) in [6.07, 6.45) is 2.51. The van der Waals surface area contributed by atoms with E-state index in [4.69, 9.17) is 16.3 Å². The van der Waals surface area contributed by atoms with E-state index in [1.54, 1.807) is 36.4 Å². The number of halogens is 2. The van der Waals surface area contributed by atoms with E-state index in [0.717, 1.165) is 18.6 Å². The van der Waals surface area contributed by atoms with E-state index >= 15 is 0 Å². The van der Waals surface area contributed by atoms with Crippen molar-refractivity contribution >= 4 is 17.4 Å². The van der Waals surface area contributed by atoms with Crippen LogP contribution in [0.15, 0.2) is 42.5 Å². The van der Waals surface area contributed by atoms with Gasteiger partial charge in [0, 0.05) is 12.0 Å². The Balaban J connectivity index is 1.70. The van der Waals surface area contributed by atoms with Crippen LogP contribution in [0.25, 0.3) is 0 Å². The molecule has 1 aliphatic rings. The molecule has 0 aromatic heterocycles. The lowest BCUT2D eigenvalue weighted by Gasteiger charge is -2.06. The van der Waals surface area contributed by atoms with E-state index in [1.807, 2.05) is 0 Å². The maximum Gasteiger partial charge on any atom is 0.167 e. The van der Waals surface area contributed by atoms with E-state index in [1.165, 1.54) is 6.07 Å². The Labute approximate surface area is 127 Å². The molecule has 0 heterocycles. The van der Waals surface area contributed by atoms with Gasteiger partial charge in [0.15, 0.2) is 5.78 Å². The van der Waals surface area contributed by atoms with Crippen molar-refractivity contribution in [2.24, 2.45) is 0 Å². The van der Waals surface area contributed by atoms with Crippen LogP contribution < -0.4 is 4.74 Å². The molecule has 0 bridgehead atoms. The largest absolute Gasteiger partial charge is 0.490 e. The van der Waals surface area contributed by atoms with Gasteiger partial charge >= 0.3 is 0 Å². The van der Waals surface area contributed by atoms with Gasteiger partial charge in [0.1, 0.15) is 11.6 Å². The monoisotopic (exact) mass is 304 g/mol. The first-order chi connectivity index (χ1) is 10.1. The van der Waals surface area contributed by atoms with Gasteiger partial charge in [-0.05, 0) is 48.7 Å². The highest BCUT2D eigenvalue weighted by molar-refractivity contribution is 6.30. The number of hydrogen-bond acceptors (Lipinski definition) is 2. The molecule has 108 valence electrons. The first-order valence-electron chi connectivity index (χ1n) is 6.86. The first-order valence-corrected chi connectivity index (χ1v) is 7.24. The molecule has 0 amide bonds. The van der Waals surface area contributed by atoms with Gasteiger partial charge in [0.2, 0.25) is 0 Å². The van der Waals surface area contributed by atoms with Crippen LogP contribution in [0.3, 0.4) is 0 Å². The number of benzene rings is 2. The molecule has 1 saturated carbocycles. The molecule has 0 N–H and O–H groups in total. The predicted molar refractivity (Wildman–Crippen MR) is 79.5 cm³/mol. The molecule has 3 rings (SSSR count). The van der Waals surface area contributed by atoms with Crippen LogP contribution in [0, 0.1) is 5.82 Å². The molecular formula is C17H14ClFO2. The highest BCUT2D eigenvalue weighted by Crippen LogP contribution is 2.27. The third kappa shape index (κ3) is 3.42. The summed E-state index contributed by atoms with van der Waals surface area (Å²) < 4.78 is 19.4. The summed E-state index contributed by atoms with van der Waals surface area (Å²) in [7, 11) is 0. The average Bonchev–Trinajstić information content (AvgIpc) is 3.28. The highest BCUT2D eigenvalue weighted by Gasteiger charge is 2.23. The summed E-state index contributed by atoms with van der Waals surface area (Å²) in [5.74, 6) is 0.0957. The van der Waals surface area contributed by atoms with E-state index < -0.39 is 5.82 Å². The lowest BCUT2D eigenvalue weighted by atomic mass is 10.0. The van der Waals surface area contributed by atoms with Gasteiger partial charge in [-0.25, -0.2) is 4.39 Å². The quantitative estimate of drug-likeness (QED) is 0.763. The Hall–Kier alpha value is -1.87. The minimum atomic E-state index is -0.527. The smallest absolute Gasteiger partial charge is 0.167 e. The number of hydrogen-bond donors (Lipinski definition) is 0. The van der Waals surface area contributed by atoms with Crippen LogP contribution in [0.4, 0.5) is 4.39 Å². The number of Topliss-reactive ketones (excluding diaryl/α,β-unsaturated/α-hetero) is 1. The summed E-state index contributed by atoms with van der Waals surface area (Å²) in [5, 5.41) is 0.0356. The second-order valence-corrected chi connectivity index (χ2v) is 5.56. The summed E-state index contributed by atoms with van der Waals surface area (Å²) in [6, 6.07) is 11.7. The van der Waals surface area contributed by atoms with Gasteiger partial charge in [0.05, 0.1) is 11.1 Å². The zero-order valence-corrected chi connectivity index (χ0v) is 12.1. The fourth-order valence-corrected chi connectivity index (χ4v) is 2.25. The molecule has 0 saturated heterocycles. The van der Waals surface area contributed by atoms with Gasteiger partial charge in [0.25, 0.3) is 0 Å². The van der Waals surface area contributed by atoms with Crippen molar-refractivity contribution < 1.29 is 13.9 Å². The SMILES string of the molecule is O=C(Cc1cccc(Cl)c1F)c1ccc(OC2CC2)cc1. The first kappa shape index (κ1) is 14.1. The number of ether oxygens (including phenoxy) is 1. The minimum absolute atomic E-state index is 0.00474. The second kappa shape index (κ2) is 5.86. The van der Waals surface area contributed by atoms with Crippen molar-refractivity contribution in [1.82, 2.24) is 0 Å². The van der Waals surface area contributed by atoms with Gasteiger partial charge in [-0.15, -0.1) is 0 Å². The Morgan fingerprint density at radius 2 is 1.90 bits per heavy atom. The highest BCUT2D eigenvalue weighted by atomic mass is 35.5. The Morgan fingerprint density at radius 3 is 2.57 bits per heavy atom. The summed E-state index contributed by atoms with van der Waals surface area (Å²) in [4.78, 5) is 12.2. The van der Waals surface area contributed by atoms with Crippen LogP contribution in [-0.4, -0.2) is 11.9 Å². The summed E-state index contributed by atoms with van der Waals surface area (Å²) >= 11 is 5.72. The lowest BCUT2D eigenvalue weighted by Crippen LogP contribution is -2.05. The third-order valence-corrected chi connectivity index (χ3v) is 3.68. The summed E-state index contributed by atoms with van der Waals surface area (Å²) in [6.45, 7) is 0. The van der Waals surface area contributed by atoms with E-state index in [0.29, 0.717) is 17.2 Å². The molecule has 21 heavy (non-hydrogen) atoms. The number of carbonyl (C=O) groups excluding carboxylic acids is 1. The van der Waals surface area contributed by atoms with Gasteiger partial charge in [-0.2, -0.15) is 0 Å². The van der Waals surface area contributed by atoms with Crippen LogP contribution >= 0.6 is 11.6 Å². The van der Waals surface area contributed by atoms with Gasteiger partial charge < -0.3 is 4.74 Å². The molecule has 2 aromatic rings. The van der Waals surface area contributed by atoms with Gasteiger partial charge in [-0.1, -0.05) is 23.7 Å². The zero-order chi connectivity index (χ0) is 14.8. The fourth-order valence-electron chi connectivity index (χ4n) is 2.06. The molecule has 0 atom stereocenters. The fraction of sp³-hybridized carbons (Fsp3) is 0.235. The predicted octanol–water partition coefficient (Wildman–Crippen LogP) is 4.45. The van der Waals surface area contributed by atoms with Crippen LogP contribution in [-0.2, 0) is 6.42 Å². The topological polar surface area (TPSA) is 26.3 Å². The minimum Gasteiger partial charge on any atom is -0.490 e. The number of carbonyl (C=O) groups is 1. The molecule has 0 radical (unpaired) electrons. The molecule has 0 unspecified atom stereocenters. The van der Waals surface area contributed by atoms with Crippen molar-refractivity contribution in [3.63, 3.8) is 0 Å². The average molecular weight is 305 g/mol. The molecule has 1 aliphatic carbocycles. The van der Waals surface area contributed by atoms with E-state index in [9.17, 15) is 9.18 Å². The van der Waals surface area contributed by atoms with Crippen molar-refractivity contribution in [2.45, 2.75) is 25.4 Å². The summed E-state index contributed by atoms with van der Waals surface area (Å²) in [5.41, 5.74) is 0.850. The van der Waals surface area contributed by atoms with E-state index in [-0.39, 0.29) is 17.2 Å². The molecule has 2 nitrogen and oxygen atoms in total. The molecular weight excluding hydrogens is 291 g/mol. The number of ketones is 1. The maximum absolute atomic E-state index is 13.8. The Morgan fingerprint density at radius 1 is 1.19 bits per heavy atom. The zero-order valence-electron chi connectivity index (χ0n) is 11.3.